The van der Waals surface area contributed by atoms with Crippen molar-refractivity contribution in [3.63, 3.8) is 0 Å². The third kappa shape index (κ3) is 2.18. The molecule has 8 heteroatoms. The summed E-state index contributed by atoms with van der Waals surface area (Å²) in [6, 6.07) is 0.0850. The van der Waals surface area contributed by atoms with E-state index in [0.29, 0.717) is 31.8 Å². The average Bonchev–Trinajstić information content (AvgIpc) is 3.12. The van der Waals surface area contributed by atoms with Gasteiger partial charge in [-0.05, 0) is 18.0 Å². The predicted molar refractivity (Wildman–Crippen MR) is 71.3 cm³/mol. The van der Waals surface area contributed by atoms with Crippen molar-refractivity contribution < 1.29 is 14.3 Å². The summed E-state index contributed by atoms with van der Waals surface area (Å²) in [7, 11) is 1.62. The molecule has 2 atom stereocenters. The molecule has 0 spiro atoms. The van der Waals surface area contributed by atoms with Gasteiger partial charge in [-0.25, -0.2) is 0 Å². The largest absolute Gasteiger partial charge is 0.383 e. The van der Waals surface area contributed by atoms with Gasteiger partial charge in [0.25, 0.3) is 5.91 Å². The van der Waals surface area contributed by atoms with Crippen LogP contribution in [0.3, 0.4) is 0 Å². The Kier molecular flexibility index (Phi) is 3.66. The van der Waals surface area contributed by atoms with Crippen molar-refractivity contribution in [1.29, 1.82) is 0 Å². The number of likely N-dealkylation sites (tertiary alicyclic amines) is 2. The number of ether oxygens (including phenoxy) is 1. The zero-order valence-corrected chi connectivity index (χ0v) is 12.0. The van der Waals surface area contributed by atoms with Crippen LogP contribution in [0.15, 0.2) is 5.38 Å². The predicted octanol–water partition coefficient (Wildman–Crippen LogP) is -0.000100. The zero-order valence-electron chi connectivity index (χ0n) is 11.2. The summed E-state index contributed by atoms with van der Waals surface area (Å²) in [4.78, 5) is 28.0. The maximum Gasteiger partial charge on any atom is 0.275 e. The monoisotopic (exact) mass is 296 g/mol. The number of hydrogen-bond acceptors (Lipinski definition) is 6. The molecule has 0 bridgehead atoms. The van der Waals surface area contributed by atoms with E-state index in [1.165, 1.54) is 0 Å². The molecule has 2 saturated heterocycles. The normalized spacial score (nSPS) is 25.4. The molecule has 0 unspecified atom stereocenters. The van der Waals surface area contributed by atoms with Crippen LogP contribution in [0.5, 0.6) is 0 Å². The quantitative estimate of drug-likeness (QED) is 0.782. The maximum absolute atomic E-state index is 12.4. The van der Waals surface area contributed by atoms with Crippen LogP contribution in [-0.4, -0.2) is 70.1 Å². The van der Waals surface area contributed by atoms with E-state index in [-0.39, 0.29) is 23.9 Å². The highest BCUT2D eigenvalue weighted by atomic mass is 32.1. The highest BCUT2D eigenvalue weighted by Gasteiger charge is 2.48. The smallest absolute Gasteiger partial charge is 0.275 e. The molecular weight excluding hydrogens is 280 g/mol. The van der Waals surface area contributed by atoms with Crippen LogP contribution in [0.25, 0.3) is 0 Å². The summed E-state index contributed by atoms with van der Waals surface area (Å²) in [5, 5.41) is 5.47. The van der Waals surface area contributed by atoms with Crippen LogP contribution in [0, 0.1) is 0 Å². The van der Waals surface area contributed by atoms with Crippen LogP contribution in [0.1, 0.15) is 23.3 Å². The molecule has 3 heterocycles. The number of amides is 2. The minimum Gasteiger partial charge on any atom is -0.383 e. The molecule has 3 rings (SSSR count). The van der Waals surface area contributed by atoms with Crippen molar-refractivity contribution in [1.82, 2.24) is 19.4 Å². The number of carbonyl (C=O) groups excluding carboxylic acids is 2. The molecule has 2 aliphatic rings. The van der Waals surface area contributed by atoms with Crippen LogP contribution in [-0.2, 0) is 9.53 Å². The highest BCUT2D eigenvalue weighted by Crippen LogP contribution is 2.33. The Morgan fingerprint density at radius 2 is 2.40 bits per heavy atom. The minimum atomic E-state index is -0.118. The van der Waals surface area contributed by atoms with Crippen molar-refractivity contribution in [3.8, 4) is 0 Å². The topological polar surface area (TPSA) is 75.6 Å². The first-order chi connectivity index (χ1) is 9.72. The van der Waals surface area contributed by atoms with Gasteiger partial charge < -0.3 is 14.5 Å². The fraction of sp³-hybridized carbons (Fsp3) is 0.667. The number of nitrogens with zero attached hydrogens (tertiary/aromatic N) is 4. The lowest BCUT2D eigenvalue weighted by Crippen LogP contribution is -2.40. The first-order valence-corrected chi connectivity index (χ1v) is 7.42. The van der Waals surface area contributed by atoms with E-state index in [1.807, 2.05) is 4.90 Å². The van der Waals surface area contributed by atoms with Gasteiger partial charge in [-0.15, -0.1) is 5.10 Å². The summed E-state index contributed by atoms with van der Waals surface area (Å²) in [6.45, 7) is 1.79. The lowest BCUT2D eigenvalue weighted by Gasteiger charge is -2.24. The molecule has 7 nitrogen and oxygen atoms in total. The lowest BCUT2D eigenvalue weighted by atomic mass is 10.1. The van der Waals surface area contributed by atoms with E-state index in [1.54, 1.807) is 17.4 Å². The summed E-state index contributed by atoms with van der Waals surface area (Å²) < 4.78 is 8.76. The summed E-state index contributed by atoms with van der Waals surface area (Å²) in [6.07, 6.45) is 1.22. The number of fused-ring (bicyclic) bond motifs is 1. The van der Waals surface area contributed by atoms with Crippen molar-refractivity contribution in [3.05, 3.63) is 11.1 Å². The summed E-state index contributed by atoms with van der Waals surface area (Å²) in [5.41, 5.74) is 0.374. The van der Waals surface area contributed by atoms with E-state index >= 15 is 0 Å². The summed E-state index contributed by atoms with van der Waals surface area (Å²) in [5.74, 6) is -0.0152. The molecule has 0 saturated carbocycles. The number of rotatable bonds is 4. The van der Waals surface area contributed by atoms with E-state index in [9.17, 15) is 9.59 Å². The molecule has 0 aliphatic carbocycles. The third-order valence-electron chi connectivity index (χ3n) is 3.99. The van der Waals surface area contributed by atoms with Gasteiger partial charge in [-0.3, -0.25) is 9.59 Å². The highest BCUT2D eigenvalue weighted by molar-refractivity contribution is 7.03. The summed E-state index contributed by atoms with van der Waals surface area (Å²) >= 11 is 1.16. The van der Waals surface area contributed by atoms with Crippen LogP contribution in [0.4, 0.5) is 0 Å². The minimum absolute atomic E-state index is 0.0337. The Bertz CT molecular complexity index is 507. The molecule has 0 N–H and O–H groups in total. The third-order valence-corrected chi connectivity index (χ3v) is 4.50. The Hall–Kier alpha value is -1.54. The molecule has 2 aliphatic heterocycles. The number of methoxy groups -OCH3 is 1. The lowest BCUT2D eigenvalue weighted by molar-refractivity contribution is -0.129. The second kappa shape index (κ2) is 5.45. The molecule has 1 aromatic rings. The van der Waals surface area contributed by atoms with Crippen molar-refractivity contribution in [2.24, 2.45) is 0 Å². The molecule has 1 aromatic heterocycles. The Balaban J connectivity index is 1.73. The van der Waals surface area contributed by atoms with E-state index in [4.69, 9.17) is 4.74 Å². The second-order valence-electron chi connectivity index (χ2n) is 5.00. The van der Waals surface area contributed by atoms with Gasteiger partial charge in [0.15, 0.2) is 5.69 Å². The second-order valence-corrected chi connectivity index (χ2v) is 5.61. The van der Waals surface area contributed by atoms with Crippen molar-refractivity contribution in [2.75, 3.05) is 26.8 Å². The average molecular weight is 296 g/mol. The molecule has 20 heavy (non-hydrogen) atoms. The standard InChI is InChI=1S/C12H16N4O3S/c1-19-5-4-15-9-2-3-16(10(9)6-11(15)17)12(18)8-7-20-14-13-8/h7,9-10H,2-6H2,1H3/t9-,10+/m0/s1. The molecule has 2 fully saturated rings. The van der Waals surface area contributed by atoms with E-state index in [0.717, 1.165) is 18.0 Å². The Labute approximate surface area is 120 Å². The van der Waals surface area contributed by atoms with E-state index in [2.05, 4.69) is 9.59 Å². The van der Waals surface area contributed by atoms with Crippen LogP contribution in [0.2, 0.25) is 0 Å². The number of hydrogen-bond donors (Lipinski definition) is 0. The molecule has 108 valence electrons. The SMILES string of the molecule is COCCN1C(=O)C[C@@H]2[C@@H]1CCN2C(=O)c1csnn1. The van der Waals surface area contributed by atoms with E-state index < -0.39 is 0 Å². The van der Waals surface area contributed by atoms with Crippen molar-refractivity contribution in [2.45, 2.75) is 24.9 Å². The first kappa shape index (κ1) is 13.4. The zero-order chi connectivity index (χ0) is 14.1. The molecule has 0 radical (unpaired) electrons. The Morgan fingerprint density at radius 3 is 3.10 bits per heavy atom. The number of aromatic nitrogens is 2. The van der Waals surface area contributed by atoms with Gasteiger partial charge in [0.2, 0.25) is 5.91 Å². The first-order valence-electron chi connectivity index (χ1n) is 6.59. The maximum atomic E-state index is 12.4. The van der Waals surface area contributed by atoms with Gasteiger partial charge in [0.1, 0.15) is 0 Å². The van der Waals surface area contributed by atoms with Gasteiger partial charge in [-0.1, -0.05) is 4.49 Å². The molecule has 2 amide bonds. The van der Waals surface area contributed by atoms with Crippen molar-refractivity contribution >= 4 is 23.3 Å². The van der Waals surface area contributed by atoms with Crippen LogP contribution >= 0.6 is 11.5 Å². The molecule has 0 aromatic carbocycles. The van der Waals surface area contributed by atoms with Gasteiger partial charge in [0, 0.05) is 32.0 Å². The van der Waals surface area contributed by atoms with Gasteiger partial charge in [0.05, 0.1) is 18.7 Å². The Morgan fingerprint density at radius 1 is 1.55 bits per heavy atom. The van der Waals surface area contributed by atoms with Gasteiger partial charge in [-0.2, -0.15) is 0 Å². The number of carbonyl (C=O) groups is 2. The van der Waals surface area contributed by atoms with Gasteiger partial charge >= 0.3 is 0 Å². The fourth-order valence-electron chi connectivity index (χ4n) is 3.07. The molecular formula is C12H16N4O3S. The van der Waals surface area contributed by atoms with Crippen LogP contribution < -0.4 is 0 Å². The fourth-order valence-corrected chi connectivity index (χ4v) is 3.50.